The van der Waals surface area contributed by atoms with Crippen LogP contribution in [0.3, 0.4) is 0 Å². The number of nitrogens with zero attached hydrogens (tertiary/aromatic N) is 1. The predicted octanol–water partition coefficient (Wildman–Crippen LogP) is 10.5. The Morgan fingerprint density at radius 1 is 0.860 bits per heavy atom. The molecule has 1 N–H and O–H groups in total. The average molecular weight is 593 g/mol. The molecule has 0 spiro atoms. The summed E-state index contributed by atoms with van der Waals surface area (Å²) in [6, 6.07) is 0. The number of hydrogen-bond acceptors (Lipinski definition) is 3. The van der Waals surface area contributed by atoms with E-state index in [0.717, 1.165) is 64.6 Å². The molecule has 0 bridgehead atoms. The second-order valence-corrected chi connectivity index (χ2v) is 14.0. The number of allylic oxidation sites excluding steroid dienone is 11. The van der Waals surface area contributed by atoms with Crippen LogP contribution >= 0.6 is 0 Å². The Labute approximate surface area is 267 Å². The second-order valence-electron chi connectivity index (χ2n) is 14.0. The smallest absolute Gasteiger partial charge is 0.0594 e. The molecule has 1 aliphatic heterocycles. The predicted molar refractivity (Wildman–Crippen MR) is 191 cm³/mol. The zero-order valence-electron chi connectivity index (χ0n) is 29.2. The highest BCUT2D eigenvalue weighted by molar-refractivity contribution is 5.13. The van der Waals surface area contributed by atoms with Gasteiger partial charge in [-0.05, 0) is 156 Å². The number of ether oxygens (including phenoxy) is 1. The van der Waals surface area contributed by atoms with Crippen LogP contribution in [0.2, 0.25) is 0 Å². The molecule has 0 amide bonds. The van der Waals surface area contributed by atoms with E-state index in [2.05, 4.69) is 88.7 Å². The van der Waals surface area contributed by atoms with Crippen LogP contribution in [0.1, 0.15) is 125 Å². The van der Waals surface area contributed by atoms with Crippen molar-refractivity contribution < 1.29 is 4.74 Å². The highest BCUT2D eigenvalue weighted by atomic mass is 16.5. The van der Waals surface area contributed by atoms with E-state index in [9.17, 15) is 0 Å². The maximum Gasteiger partial charge on any atom is 0.0594 e. The largest absolute Gasteiger partial charge is 0.379 e. The van der Waals surface area contributed by atoms with Crippen molar-refractivity contribution in [2.24, 2.45) is 11.8 Å². The lowest BCUT2D eigenvalue weighted by Gasteiger charge is -2.30. The number of nitrogens with one attached hydrogen (secondary N) is 1. The van der Waals surface area contributed by atoms with Gasteiger partial charge in [0.15, 0.2) is 0 Å². The van der Waals surface area contributed by atoms with Crippen LogP contribution in [0, 0.1) is 11.8 Å². The van der Waals surface area contributed by atoms with Gasteiger partial charge in [-0.2, -0.15) is 0 Å². The molecule has 2 rings (SSSR count). The molecular formula is C40H68N2O. The summed E-state index contributed by atoms with van der Waals surface area (Å²) in [6.45, 7) is 25.3. The van der Waals surface area contributed by atoms with E-state index in [1.165, 1.54) is 93.0 Å². The second kappa shape index (κ2) is 22.8. The summed E-state index contributed by atoms with van der Waals surface area (Å²) in [5.41, 5.74) is 9.04. The normalized spacial score (nSPS) is 20.1. The molecular weight excluding hydrogens is 524 g/mol. The van der Waals surface area contributed by atoms with Crippen LogP contribution in [-0.2, 0) is 4.74 Å². The molecule has 0 saturated carbocycles. The van der Waals surface area contributed by atoms with Crippen molar-refractivity contribution in [1.29, 1.82) is 0 Å². The topological polar surface area (TPSA) is 24.5 Å². The molecule has 1 saturated heterocycles. The van der Waals surface area contributed by atoms with Gasteiger partial charge in [-0.1, -0.05) is 70.4 Å². The first-order valence-corrected chi connectivity index (χ1v) is 17.7. The van der Waals surface area contributed by atoms with Crippen molar-refractivity contribution in [2.75, 3.05) is 45.9 Å². The van der Waals surface area contributed by atoms with Gasteiger partial charge in [-0.15, -0.1) is 0 Å². The summed E-state index contributed by atoms with van der Waals surface area (Å²) in [5, 5.41) is 3.84. The van der Waals surface area contributed by atoms with Gasteiger partial charge in [0.05, 0.1) is 13.2 Å². The van der Waals surface area contributed by atoms with Crippen molar-refractivity contribution in [3.8, 4) is 0 Å². The van der Waals surface area contributed by atoms with Gasteiger partial charge in [0.25, 0.3) is 0 Å². The third-order valence-corrected chi connectivity index (χ3v) is 9.02. The molecule has 0 aromatic carbocycles. The van der Waals surface area contributed by atoms with Crippen molar-refractivity contribution in [2.45, 2.75) is 125 Å². The lowest BCUT2D eigenvalue weighted by molar-refractivity contribution is 0.0374. The maximum absolute atomic E-state index is 5.50. The molecule has 1 aliphatic carbocycles. The third-order valence-electron chi connectivity index (χ3n) is 9.02. The Morgan fingerprint density at radius 3 is 2.14 bits per heavy atom. The van der Waals surface area contributed by atoms with Gasteiger partial charge < -0.3 is 10.1 Å². The van der Waals surface area contributed by atoms with E-state index in [1.807, 2.05) is 0 Å². The van der Waals surface area contributed by atoms with Gasteiger partial charge in [0, 0.05) is 13.1 Å². The van der Waals surface area contributed by atoms with Gasteiger partial charge in [0.1, 0.15) is 0 Å². The standard InChI is InChI=1S/C40H68N2O/c1-33(2)13-8-15-35(5)17-10-18-37(7)21-22-39-29-38(20-11-19-36(6)16-9-14-34(3)4)30-40(31-39)32-41-23-12-24-42-25-27-43-28-26-42/h13-14,17,19,29,39-41H,7-12,15-16,18,20-28,30-32H2,1-6H3/b35-17+,36-19+/t39-,40-/m0/s1. The molecule has 0 aromatic heterocycles. The van der Waals surface area contributed by atoms with E-state index in [4.69, 9.17) is 4.74 Å². The molecule has 43 heavy (non-hydrogen) atoms. The van der Waals surface area contributed by atoms with Crippen molar-refractivity contribution >= 4 is 0 Å². The van der Waals surface area contributed by atoms with Gasteiger partial charge in [0.2, 0.25) is 0 Å². The molecule has 0 unspecified atom stereocenters. The van der Waals surface area contributed by atoms with Crippen LogP contribution in [-0.4, -0.2) is 50.8 Å². The van der Waals surface area contributed by atoms with E-state index in [-0.39, 0.29) is 0 Å². The van der Waals surface area contributed by atoms with Gasteiger partial charge in [-0.25, -0.2) is 0 Å². The molecule has 0 aromatic rings. The van der Waals surface area contributed by atoms with E-state index in [1.54, 1.807) is 11.1 Å². The zero-order valence-corrected chi connectivity index (χ0v) is 29.2. The first-order chi connectivity index (χ1) is 20.7. The van der Waals surface area contributed by atoms with E-state index < -0.39 is 0 Å². The van der Waals surface area contributed by atoms with Crippen LogP contribution < -0.4 is 5.32 Å². The fourth-order valence-electron chi connectivity index (χ4n) is 6.37. The summed E-state index contributed by atoms with van der Waals surface area (Å²) in [5.74, 6) is 1.46. The SMILES string of the molecule is C=C(CC/C=C(\C)CCC=C(C)C)CC[C@H]1C=C(CC/C=C(\C)CCC=C(C)C)C[C@H](CNCCCN2CCOCC2)C1. The zero-order chi connectivity index (χ0) is 31.3. The fourth-order valence-corrected chi connectivity index (χ4v) is 6.37. The van der Waals surface area contributed by atoms with Crippen LogP contribution in [0.25, 0.3) is 0 Å². The molecule has 2 aliphatic rings. The highest BCUT2D eigenvalue weighted by Gasteiger charge is 2.22. The maximum atomic E-state index is 5.50. The van der Waals surface area contributed by atoms with Crippen LogP contribution in [0.15, 0.2) is 70.4 Å². The summed E-state index contributed by atoms with van der Waals surface area (Å²) in [4.78, 5) is 2.55. The van der Waals surface area contributed by atoms with Crippen molar-refractivity contribution in [1.82, 2.24) is 10.2 Å². The number of morpholine rings is 1. The van der Waals surface area contributed by atoms with Crippen LogP contribution in [0.4, 0.5) is 0 Å². The minimum Gasteiger partial charge on any atom is -0.379 e. The number of hydrogen-bond donors (Lipinski definition) is 1. The Balaban J connectivity index is 1.82. The average Bonchev–Trinajstić information content (AvgIpc) is 2.96. The minimum absolute atomic E-state index is 0.699. The quantitative estimate of drug-likeness (QED) is 0.106. The monoisotopic (exact) mass is 593 g/mol. The minimum atomic E-state index is 0.699. The first kappa shape index (κ1) is 37.5. The lowest BCUT2D eigenvalue weighted by atomic mass is 9.78. The molecule has 3 nitrogen and oxygen atoms in total. The van der Waals surface area contributed by atoms with E-state index in [0.29, 0.717) is 5.92 Å². The third kappa shape index (κ3) is 19.3. The van der Waals surface area contributed by atoms with Crippen LogP contribution in [0.5, 0.6) is 0 Å². The molecule has 2 atom stereocenters. The van der Waals surface area contributed by atoms with Crippen molar-refractivity contribution in [3.05, 3.63) is 70.4 Å². The Bertz CT molecular complexity index is 936. The summed E-state index contributed by atoms with van der Waals surface area (Å²) in [6.07, 6.45) is 28.0. The lowest BCUT2D eigenvalue weighted by Crippen LogP contribution is -2.38. The van der Waals surface area contributed by atoms with Gasteiger partial charge in [-0.3, -0.25) is 4.90 Å². The van der Waals surface area contributed by atoms with E-state index >= 15 is 0 Å². The Kier molecular flexibility index (Phi) is 19.9. The fraction of sp³-hybridized carbons (Fsp3) is 0.700. The van der Waals surface area contributed by atoms with Crippen molar-refractivity contribution in [3.63, 3.8) is 0 Å². The molecule has 0 radical (unpaired) electrons. The first-order valence-electron chi connectivity index (χ1n) is 17.7. The highest BCUT2D eigenvalue weighted by Crippen LogP contribution is 2.34. The Morgan fingerprint density at radius 2 is 1.49 bits per heavy atom. The summed E-state index contributed by atoms with van der Waals surface area (Å²) < 4.78 is 5.50. The summed E-state index contributed by atoms with van der Waals surface area (Å²) >= 11 is 0. The molecule has 1 heterocycles. The number of rotatable bonds is 21. The van der Waals surface area contributed by atoms with Gasteiger partial charge >= 0.3 is 0 Å². The molecule has 3 heteroatoms. The molecule has 1 fully saturated rings. The Hall–Kier alpha value is -1.68. The molecule has 244 valence electrons. The summed E-state index contributed by atoms with van der Waals surface area (Å²) in [7, 11) is 0.